The summed E-state index contributed by atoms with van der Waals surface area (Å²) in [5, 5.41) is 3.96. The second-order valence-corrected chi connectivity index (χ2v) is 5.23. The molecule has 0 amide bonds. The van der Waals surface area contributed by atoms with Gasteiger partial charge >= 0.3 is 6.61 Å². The molecule has 3 rings (SSSR count). The molecule has 1 aromatic carbocycles. The van der Waals surface area contributed by atoms with E-state index in [-0.39, 0.29) is 5.75 Å². The minimum atomic E-state index is -2.83. The van der Waals surface area contributed by atoms with Crippen LogP contribution in [-0.2, 0) is 6.54 Å². The van der Waals surface area contributed by atoms with Crippen LogP contribution in [-0.4, -0.2) is 16.6 Å². The zero-order chi connectivity index (χ0) is 14.7. The first-order chi connectivity index (χ1) is 10.2. The Morgan fingerprint density at radius 2 is 2.05 bits per heavy atom. The summed E-state index contributed by atoms with van der Waals surface area (Å²) in [7, 11) is 0. The highest BCUT2D eigenvalue weighted by Crippen LogP contribution is 2.25. The standard InChI is InChI=1S/C14H11F2N3OS/c15-13(16)20-10-6-5-9(17-8-10)7-18-14-19-11-3-1-2-4-12(11)21-14/h1-6,8,13H,7H2,(H,18,19). The Balaban J connectivity index is 1.64. The van der Waals surface area contributed by atoms with Gasteiger partial charge in [0.2, 0.25) is 0 Å². The molecule has 0 spiro atoms. The zero-order valence-electron chi connectivity index (χ0n) is 10.8. The lowest BCUT2D eigenvalue weighted by atomic mass is 10.3. The maximum absolute atomic E-state index is 12.0. The zero-order valence-corrected chi connectivity index (χ0v) is 11.6. The van der Waals surface area contributed by atoms with Gasteiger partial charge in [-0.15, -0.1) is 0 Å². The van der Waals surface area contributed by atoms with E-state index in [2.05, 4.69) is 20.0 Å². The smallest absolute Gasteiger partial charge is 0.387 e. The maximum atomic E-state index is 12.0. The van der Waals surface area contributed by atoms with E-state index in [0.717, 1.165) is 21.0 Å². The number of rotatable bonds is 5. The Hall–Kier alpha value is -2.28. The van der Waals surface area contributed by atoms with Crippen LogP contribution in [0.15, 0.2) is 42.6 Å². The highest BCUT2D eigenvalue weighted by Gasteiger charge is 2.05. The molecule has 0 unspecified atom stereocenters. The normalized spacial score (nSPS) is 11.0. The first-order valence-electron chi connectivity index (χ1n) is 6.20. The SMILES string of the molecule is FC(F)Oc1ccc(CNc2nc3ccccc3s2)nc1. The summed E-state index contributed by atoms with van der Waals surface area (Å²) in [5.41, 5.74) is 1.66. The van der Waals surface area contributed by atoms with Crippen molar-refractivity contribution in [3.8, 4) is 5.75 Å². The van der Waals surface area contributed by atoms with Gasteiger partial charge in [-0.2, -0.15) is 8.78 Å². The van der Waals surface area contributed by atoms with E-state index in [4.69, 9.17) is 0 Å². The largest absolute Gasteiger partial charge is 0.433 e. The monoisotopic (exact) mass is 307 g/mol. The van der Waals surface area contributed by atoms with E-state index < -0.39 is 6.61 Å². The molecule has 0 aliphatic carbocycles. The average molecular weight is 307 g/mol. The van der Waals surface area contributed by atoms with Gasteiger partial charge in [-0.25, -0.2) is 4.98 Å². The van der Waals surface area contributed by atoms with Crippen molar-refractivity contribution < 1.29 is 13.5 Å². The number of fused-ring (bicyclic) bond motifs is 1. The summed E-state index contributed by atoms with van der Waals surface area (Å²) in [4.78, 5) is 8.50. The Labute approximate surface area is 123 Å². The summed E-state index contributed by atoms with van der Waals surface area (Å²) in [6, 6.07) is 11.0. The van der Waals surface area contributed by atoms with Crippen molar-refractivity contribution in [3.05, 3.63) is 48.3 Å². The number of para-hydroxylation sites is 1. The molecule has 0 atom stereocenters. The average Bonchev–Trinajstić information content (AvgIpc) is 2.89. The van der Waals surface area contributed by atoms with Crippen molar-refractivity contribution in [1.82, 2.24) is 9.97 Å². The van der Waals surface area contributed by atoms with Crippen molar-refractivity contribution in [3.63, 3.8) is 0 Å². The summed E-state index contributed by atoms with van der Waals surface area (Å²) in [5.74, 6) is 0.0498. The third-order valence-corrected chi connectivity index (χ3v) is 3.73. The van der Waals surface area contributed by atoms with E-state index >= 15 is 0 Å². The number of ether oxygens (including phenoxy) is 1. The molecular formula is C14H11F2N3OS. The minimum absolute atomic E-state index is 0.0498. The number of nitrogens with zero attached hydrogens (tertiary/aromatic N) is 2. The van der Waals surface area contributed by atoms with Crippen molar-refractivity contribution >= 4 is 26.7 Å². The fraction of sp³-hybridized carbons (Fsp3) is 0.143. The van der Waals surface area contributed by atoms with Crippen molar-refractivity contribution in [2.45, 2.75) is 13.2 Å². The lowest BCUT2D eigenvalue weighted by Crippen LogP contribution is -2.04. The molecule has 0 aliphatic heterocycles. The molecule has 0 saturated heterocycles. The van der Waals surface area contributed by atoms with Gasteiger partial charge in [0, 0.05) is 0 Å². The number of anilines is 1. The van der Waals surface area contributed by atoms with Gasteiger partial charge in [0.05, 0.1) is 28.7 Å². The van der Waals surface area contributed by atoms with Gasteiger partial charge in [0.15, 0.2) is 5.13 Å². The number of pyridine rings is 1. The minimum Gasteiger partial charge on any atom is -0.433 e. The van der Waals surface area contributed by atoms with E-state index in [1.807, 2.05) is 24.3 Å². The van der Waals surface area contributed by atoms with Crippen LogP contribution in [0.2, 0.25) is 0 Å². The van der Waals surface area contributed by atoms with Gasteiger partial charge in [-0.1, -0.05) is 23.5 Å². The van der Waals surface area contributed by atoms with Crippen LogP contribution in [0.4, 0.5) is 13.9 Å². The molecule has 0 aliphatic rings. The number of hydrogen-bond acceptors (Lipinski definition) is 5. The Morgan fingerprint density at radius 3 is 2.76 bits per heavy atom. The molecule has 0 radical (unpaired) electrons. The van der Waals surface area contributed by atoms with Crippen molar-refractivity contribution in [1.29, 1.82) is 0 Å². The van der Waals surface area contributed by atoms with Crippen LogP contribution in [0.25, 0.3) is 10.2 Å². The predicted octanol–water partition coefficient (Wildman–Crippen LogP) is 3.90. The summed E-state index contributed by atoms with van der Waals surface area (Å²) in [6.07, 6.45) is 1.28. The first-order valence-corrected chi connectivity index (χ1v) is 7.01. The van der Waals surface area contributed by atoms with E-state index in [0.29, 0.717) is 6.54 Å². The Kier molecular flexibility index (Phi) is 3.92. The van der Waals surface area contributed by atoms with Gasteiger partial charge in [0.1, 0.15) is 5.75 Å². The highest BCUT2D eigenvalue weighted by atomic mass is 32.1. The molecule has 2 heterocycles. The molecule has 108 valence electrons. The van der Waals surface area contributed by atoms with E-state index in [1.165, 1.54) is 12.3 Å². The molecule has 1 N–H and O–H groups in total. The van der Waals surface area contributed by atoms with Crippen LogP contribution in [0.1, 0.15) is 5.69 Å². The highest BCUT2D eigenvalue weighted by molar-refractivity contribution is 7.22. The second kappa shape index (κ2) is 6.01. The molecule has 4 nitrogen and oxygen atoms in total. The Bertz CT molecular complexity index is 697. The van der Waals surface area contributed by atoms with Gasteiger partial charge in [0.25, 0.3) is 0 Å². The molecular weight excluding hydrogens is 296 g/mol. The molecule has 21 heavy (non-hydrogen) atoms. The topological polar surface area (TPSA) is 47.0 Å². The summed E-state index contributed by atoms with van der Waals surface area (Å²) in [6.45, 7) is -2.37. The van der Waals surface area contributed by atoms with Gasteiger partial charge < -0.3 is 10.1 Å². The third-order valence-electron chi connectivity index (χ3n) is 2.74. The molecule has 0 bridgehead atoms. The van der Waals surface area contributed by atoms with Crippen LogP contribution in [0.3, 0.4) is 0 Å². The van der Waals surface area contributed by atoms with E-state index in [1.54, 1.807) is 17.4 Å². The lowest BCUT2D eigenvalue weighted by Gasteiger charge is -2.05. The quantitative estimate of drug-likeness (QED) is 0.776. The number of nitrogens with one attached hydrogen (secondary N) is 1. The van der Waals surface area contributed by atoms with Crippen LogP contribution >= 0.6 is 11.3 Å². The van der Waals surface area contributed by atoms with Crippen LogP contribution in [0, 0.1) is 0 Å². The van der Waals surface area contributed by atoms with Crippen molar-refractivity contribution in [2.24, 2.45) is 0 Å². The number of halogens is 2. The van der Waals surface area contributed by atoms with Crippen LogP contribution < -0.4 is 10.1 Å². The third kappa shape index (κ3) is 3.43. The number of aromatic nitrogens is 2. The molecule has 2 aromatic heterocycles. The number of thiazole rings is 1. The van der Waals surface area contributed by atoms with Gasteiger partial charge in [-0.3, -0.25) is 4.98 Å². The summed E-state index contributed by atoms with van der Waals surface area (Å²) < 4.78 is 29.4. The second-order valence-electron chi connectivity index (χ2n) is 4.20. The number of benzene rings is 1. The molecule has 7 heteroatoms. The molecule has 0 fully saturated rings. The first kappa shape index (κ1) is 13.7. The van der Waals surface area contributed by atoms with Crippen molar-refractivity contribution in [2.75, 3.05) is 5.32 Å². The molecule has 0 saturated carbocycles. The van der Waals surface area contributed by atoms with Crippen LogP contribution in [0.5, 0.6) is 5.75 Å². The number of hydrogen-bond donors (Lipinski definition) is 1. The fourth-order valence-electron chi connectivity index (χ4n) is 1.80. The fourth-order valence-corrected chi connectivity index (χ4v) is 2.66. The maximum Gasteiger partial charge on any atom is 0.387 e. The Morgan fingerprint density at radius 1 is 1.19 bits per heavy atom. The van der Waals surface area contributed by atoms with Gasteiger partial charge in [-0.05, 0) is 24.3 Å². The molecule has 3 aromatic rings. The predicted molar refractivity (Wildman–Crippen MR) is 77.8 cm³/mol. The number of alkyl halides is 2. The summed E-state index contributed by atoms with van der Waals surface area (Å²) >= 11 is 1.55. The van der Waals surface area contributed by atoms with E-state index in [9.17, 15) is 8.78 Å². The lowest BCUT2D eigenvalue weighted by molar-refractivity contribution is -0.0500.